The molecule has 0 aliphatic carbocycles. The summed E-state index contributed by atoms with van der Waals surface area (Å²) in [7, 11) is 0. The van der Waals surface area contributed by atoms with Crippen molar-refractivity contribution in [2.24, 2.45) is 0 Å². The van der Waals surface area contributed by atoms with E-state index in [-0.39, 0.29) is 17.9 Å². The van der Waals surface area contributed by atoms with Crippen molar-refractivity contribution in [1.82, 2.24) is 19.9 Å². The van der Waals surface area contributed by atoms with Crippen molar-refractivity contribution >= 4 is 5.69 Å². The summed E-state index contributed by atoms with van der Waals surface area (Å²) < 4.78 is 25.6. The first-order valence-corrected chi connectivity index (χ1v) is 9.28. The molecule has 27 heavy (non-hydrogen) atoms. The zero-order chi connectivity index (χ0) is 19.0. The number of pyridine rings is 1. The van der Waals surface area contributed by atoms with Gasteiger partial charge in [0.2, 0.25) is 0 Å². The average Bonchev–Trinajstić information content (AvgIpc) is 2.67. The lowest BCUT2D eigenvalue weighted by atomic mass is 10.1. The van der Waals surface area contributed by atoms with Crippen molar-refractivity contribution in [3.05, 3.63) is 35.8 Å². The van der Waals surface area contributed by atoms with Crippen LogP contribution in [-0.2, 0) is 0 Å². The zero-order valence-corrected chi connectivity index (χ0v) is 15.9. The first-order valence-electron chi connectivity index (χ1n) is 9.28. The highest BCUT2D eigenvalue weighted by Gasteiger charge is 2.31. The van der Waals surface area contributed by atoms with Crippen LogP contribution >= 0.6 is 0 Å². The molecule has 7 nitrogen and oxygen atoms in total. The van der Waals surface area contributed by atoms with E-state index in [2.05, 4.69) is 31.7 Å². The maximum absolute atomic E-state index is 14.6. The van der Waals surface area contributed by atoms with Gasteiger partial charge in [-0.2, -0.15) is 0 Å². The van der Waals surface area contributed by atoms with Gasteiger partial charge in [-0.25, -0.2) is 19.3 Å². The van der Waals surface area contributed by atoms with E-state index in [1.807, 2.05) is 26.2 Å². The van der Waals surface area contributed by atoms with Gasteiger partial charge in [-0.05, 0) is 20.8 Å². The van der Waals surface area contributed by atoms with Crippen LogP contribution in [0.1, 0.15) is 31.4 Å². The molecule has 0 radical (unpaired) electrons. The molecule has 144 valence electrons. The Balaban J connectivity index is 1.50. The van der Waals surface area contributed by atoms with E-state index in [1.54, 1.807) is 0 Å². The highest BCUT2D eigenvalue weighted by Crippen LogP contribution is 2.34. The van der Waals surface area contributed by atoms with E-state index in [4.69, 9.17) is 9.47 Å². The summed E-state index contributed by atoms with van der Waals surface area (Å²) in [6.07, 6.45) is 3.71. The second-order valence-corrected chi connectivity index (χ2v) is 7.05. The number of anilines is 1. The van der Waals surface area contributed by atoms with Gasteiger partial charge in [0.05, 0.1) is 29.8 Å². The number of piperazine rings is 1. The molecule has 2 aromatic heterocycles. The number of rotatable bonds is 3. The zero-order valence-electron chi connectivity index (χ0n) is 15.9. The molecule has 1 saturated heterocycles. The molecule has 8 heteroatoms. The molecule has 0 aromatic carbocycles. The number of fused-ring (bicyclic) bond motifs is 1. The normalized spacial score (nSPS) is 21.2. The number of aryl methyl sites for hydroxylation is 1. The summed E-state index contributed by atoms with van der Waals surface area (Å²) in [6, 6.07) is 1.45. The standard InChI is InChI=1S/C19H24FN5O2/c1-12-11-24(15-9-21-14(3)22-10-15)4-5-25(12)13(2)18-16(20)8-17-19(23-18)27-7-6-26-17/h8-10,12-13H,4-7,11H2,1-3H3/t12-,13-/m1/s1. The fourth-order valence-corrected chi connectivity index (χ4v) is 3.75. The lowest BCUT2D eigenvalue weighted by molar-refractivity contribution is 0.128. The van der Waals surface area contributed by atoms with Crippen molar-refractivity contribution < 1.29 is 13.9 Å². The smallest absolute Gasteiger partial charge is 0.257 e. The minimum atomic E-state index is -0.353. The van der Waals surface area contributed by atoms with Gasteiger partial charge in [0.25, 0.3) is 5.88 Å². The van der Waals surface area contributed by atoms with Gasteiger partial charge in [0.15, 0.2) is 5.75 Å². The van der Waals surface area contributed by atoms with Crippen LogP contribution < -0.4 is 14.4 Å². The monoisotopic (exact) mass is 373 g/mol. The number of ether oxygens (including phenoxy) is 2. The summed E-state index contributed by atoms with van der Waals surface area (Å²) in [6.45, 7) is 9.32. The van der Waals surface area contributed by atoms with Gasteiger partial charge in [0.1, 0.15) is 24.9 Å². The van der Waals surface area contributed by atoms with Crippen molar-refractivity contribution in [1.29, 1.82) is 0 Å². The SMILES string of the molecule is Cc1ncc(N2CCN([C@H](C)c3nc4c(cc3F)OCCO4)[C@H](C)C2)cn1. The number of halogens is 1. The van der Waals surface area contributed by atoms with E-state index in [0.717, 1.165) is 31.1 Å². The number of hydrogen-bond acceptors (Lipinski definition) is 7. The van der Waals surface area contributed by atoms with E-state index in [1.165, 1.54) is 6.07 Å². The van der Waals surface area contributed by atoms with Crippen molar-refractivity contribution in [2.75, 3.05) is 37.7 Å². The Bertz CT molecular complexity index is 816. The highest BCUT2D eigenvalue weighted by atomic mass is 19.1. The molecule has 1 fully saturated rings. The Hall–Kier alpha value is -2.48. The molecule has 4 heterocycles. The van der Waals surface area contributed by atoms with E-state index in [0.29, 0.717) is 30.5 Å². The summed E-state index contributed by atoms with van der Waals surface area (Å²) in [4.78, 5) is 17.5. The molecular weight excluding hydrogens is 349 g/mol. The molecule has 0 amide bonds. The first-order chi connectivity index (χ1) is 13.0. The van der Waals surface area contributed by atoms with Crippen LogP contribution in [0.2, 0.25) is 0 Å². The Morgan fingerprint density at radius 2 is 1.93 bits per heavy atom. The third-order valence-corrected chi connectivity index (χ3v) is 5.22. The third-order valence-electron chi connectivity index (χ3n) is 5.22. The minimum absolute atomic E-state index is 0.160. The van der Waals surface area contributed by atoms with Crippen LogP contribution in [0.15, 0.2) is 18.5 Å². The predicted octanol–water partition coefficient (Wildman–Crippen LogP) is 2.36. The van der Waals surface area contributed by atoms with Crippen LogP contribution in [0, 0.1) is 12.7 Å². The number of aromatic nitrogens is 3. The summed E-state index contributed by atoms with van der Waals surface area (Å²) in [5, 5.41) is 0. The minimum Gasteiger partial charge on any atom is -0.484 e. The molecule has 0 bridgehead atoms. The van der Waals surface area contributed by atoms with Crippen molar-refractivity contribution in [3.63, 3.8) is 0 Å². The fraction of sp³-hybridized carbons (Fsp3) is 0.526. The Morgan fingerprint density at radius 3 is 2.67 bits per heavy atom. The number of nitrogens with zero attached hydrogens (tertiary/aromatic N) is 5. The molecule has 2 aromatic rings. The van der Waals surface area contributed by atoms with Crippen LogP contribution in [0.3, 0.4) is 0 Å². The molecule has 2 atom stereocenters. The van der Waals surface area contributed by atoms with Gasteiger partial charge in [0, 0.05) is 31.7 Å². The van der Waals surface area contributed by atoms with Gasteiger partial charge in [-0.1, -0.05) is 0 Å². The van der Waals surface area contributed by atoms with Crippen molar-refractivity contribution in [2.45, 2.75) is 32.9 Å². The largest absolute Gasteiger partial charge is 0.484 e. The van der Waals surface area contributed by atoms with Gasteiger partial charge in [-0.15, -0.1) is 0 Å². The Labute approximate surface area is 158 Å². The highest BCUT2D eigenvalue weighted by molar-refractivity contribution is 5.43. The molecule has 4 rings (SSSR count). The Morgan fingerprint density at radius 1 is 1.19 bits per heavy atom. The van der Waals surface area contributed by atoms with Crippen LogP contribution in [0.4, 0.5) is 10.1 Å². The third kappa shape index (κ3) is 3.53. The van der Waals surface area contributed by atoms with Crippen molar-refractivity contribution in [3.8, 4) is 11.6 Å². The predicted molar refractivity (Wildman–Crippen MR) is 98.8 cm³/mol. The Kier molecular flexibility index (Phi) is 4.82. The molecule has 2 aliphatic rings. The molecule has 0 unspecified atom stereocenters. The second kappa shape index (κ2) is 7.26. The fourth-order valence-electron chi connectivity index (χ4n) is 3.75. The molecule has 0 N–H and O–H groups in total. The lowest BCUT2D eigenvalue weighted by Crippen LogP contribution is -2.52. The first kappa shape index (κ1) is 17.9. The van der Waals surface area contributed by atoms with E-state index >= 15 is 0 Å². The van der Waals surface area contributed by atoms with E-state index < -0.39 is 0 Å². The average molecular weight is 373 g/mol. The molecule has 0 saturated carbocycles. The summed E-state index contributed by atoms with van der Waals surface area (Å²) >= 11 is 0. The molecule has 0 spiro atoms. The van der Waals surface area contributed by atoms with Crippen LogP contribution in [-0.4, -0.2) is 58.7 Å². The van der Waals surface area contributed by atoms with Crippen LogP contribution in [0.25, 0.3) is 0 Å². The topological polar surface area (TPSA) is 63.6 Å². The van der Waals surface area contributed by atoms with Gasteiger partial charge >= 0.3 is 0 Å². The lowest BCUT2D eigenvalue weighted by Gasteiger charge is -2.43. The maximum Gasteiger partial charge on any atom is 0.257 e. The molecular formula is C19H24FN5O2. The van der Waals surface area contributed by atoms with Gasteiger partial charge in [-0.3, -0.25) is 4.90 Å². The quantitative estimate of drug-likeness (QED) is 0.818. The number of hydrogen-bond donors (Lipinski definition) is 0. The van der Waals surface area contributed by atoms with Gasteiger partial charge < -0.3 is 14.4 Å². The summed E-state index contributed by atoms with van der Waals surface area (Å²) in [5.41, 5.74) is 1.42. The van der Waals surface area contributed by atoms with Crippen LogP contribution in [0.5, 0.6) is 11.6 Å². The van der Waals surface area contributed by atoms with E-state index in [9.17, 15) is 4.39 Å². The molecule has 2 aliphatic heterocycles. The second-order valence-electron chi connectivity index (χ2n) is 7.05. The summed E-state index contributed by atoms with van der Waals surface area (Å²) in [5.74, 6) is 1.17. The maximum atomic E-state index is 14.6.